The third-order valence-corrected chi connectivity index (χ3v) is 6.42. The van der Waals surface area contributed by atoms with Crippen molar-refractivity contribution >= 4 is 34.6 Å². The number of aromatic nitrogens is 4. The normalized spacial score (nSPS) is 15.9. The smallest absolute Gasteiger partial charge is 0.283 e. The molecule has 0 atom stereocenters. The maximum absolute atomic E-state index is 13.4. The molecule has 3 heterocycles. The van der Waals surface area contributed by atoms with E-state index in [0.29, 0.717) is 28.1 Å². The summed E-state index contributed by atoms with van der Waals surface area (Å²) in [6.45, 7) is 5.11. The molecule has 1 amide bonds. The van der Waals surface area contributed by atoms with E-state index in [1.807, 2.05) is 54.1 Å². The zero-order chi connectivity index (χ0) is 23.5. The van der Waals surface area contributed by atoms with E-state index in [-0.39, 0.29) is 12.7 Å². The van der Waals surface area contributed by atoms with Gasteiger partial charge in [0.15, 0.2) is 22.5 Å². The maximum atomic E-state index is 13.4. The van der Waals surface area contributed by atoms with Gasteiger partial charge in [-0.3, -0.25) is 9.69 Å². The second-order valence-corrected chi connectivity index (χ2v) is 8.92. The lowest BCUT2D eigenvalue weighted by molar-refractivity contribution is -0.113. The highest BCUT2D eigenvalue weighted by atomic mass is 32.2. The zero-order valence-corrected chi connectivity index (χ0v) is 19.8. The van der Waals surface area contributed by atoms with Crippen LogP contribution in [0.15, 0.2) is 53.2 Å². The van der Waals surface area contributed by atoms with Crippen LogP contribution in [0.25, 0.3) is 6.08 Å². The second-order valence-electron chi connectivity index (χ2n) is 7.97. The molecule has 0 unspecified atom stereocenters. The number of amides is 1. The summed E-state index contributed by atoms with van der Waals surface area (Å²) in [5, 5.41) is 12.7. The Morgan fingerprint density at radius 3 is 2.76 bits per heavy atom. The lowest BCUT2D eigenvalue weighted by Gasteiger charge is -2.18. The van der Waals surface area contributed by atoms with Crippen LogP contribution in [0.3, 0.4) is 0 Å². The molecule has 0 radical (unpaired) electrons. The van der Waals surface area contributed by atoms with E-state index < -0.39 is 0 Å². The highest BCUT2D eigenvalue weighted by Crippen LogP contribution is 2.35. The van der Waals surface area contributed by atoms with Crippen molar-refractivity contribution in [3.63, 3.8) is 0 Å². The summed E-state index contributed by atoms with van der Waals surface area (Å²) in [4.78, 5) is 19.8. The molecule has 0 saturated carbocycles. The summed E-state index contributed by atoms with van der Waals surface area (Å²) < 4.78 is 12.7. The molecule has 2 aliphatic rings. The number of unbranched alkanes of at least 4 members (excludes halogenated alkanes) is 1. The number of benzene rings is 2. The van der Waals surface area contributed by atoms with Crippen molar-refractivity contribution in [3.8, 4) is 11.5 Å². The van der Waals surface area contributed by atoms with E-state index in [2.05, 4.69) is 22.4 Å². The van der Waals surface area contributed by atoms with Gasteiger partial charge in [-0.2, -0.15) is 0 Å². The molecule has 1 aromatic heterocycles. The first kappa shape index (κ1) is 22.1. The molecule has 34 heavy (non-hydrogen) atoms. The molecule has 0 N–H and O–H groups in total. The van der Waals surface area contributed by atoms with Gasteiger partial charge in [-0.15, -0.1) is 5.10 Å². The number of thioether (sulfide) groups is 1. The number of aryl methyl sites for hydroxylation is 2. The van der Waals surface area contributed by atoms with Crippen LogP contribution < -0.4 is 14.4 Å². The summed E-state index contributed by atoms with van der Waals surface area (Å²) in [5.41, 5.74) is 3.05. The SMILES string of the molecule is CCCCn1nnnc1CSC1=N/C(=C\c2ccc3c(c2)OCO3)C(=O)N1c1ccc(C)cc1. The summed E-state index contributed by atoms with van der Waals surface area (Å²) >= 11 is 1.44. The first-order chi connectivity index (χ1) is 16.6. The van der Waals surface area contributed by atoms with Gasteiger partial charge in [0.2, 0.25) is 6.79 Å². The number of carbonyl (C=O) groups is 1. The van der Waals surface area contributed by atoms with E-state index >= 15 is 0 Å². The van der Waals surface area contributed by atoms with E-state index in [4.69, 9.17) is 14.5 Å². The molecule has 3 aromatic rings. The largest absolute Gasteiger partial charge is 0.454 e. The summed E-state index contributed by atoms with van der Waals surface area (Å²) in [7, 11) is 0. The average Bonchev–Trinajstić information content (AvgIpc) is 3.56. The van der Waals surface area contributed by atoms with Gasteiger partial charge in [0.1, 0.15) is 5.70 Å². The molecule has 174 valence electrons. The molecule has 0 spiro atoms. The van der Waals surface area contributed by atoms with Gasteiger partial charge in [0.05, 0.1) is 11.4 Å². The van der Waals surface area contributed by atoms with E-state index in [1.54, 1.807) is 11.0 Å². The highest BCUT2D eigenvalue weighted by molar-refractivity contribution is 8.13. The standard InChI is InChI=1S/C24H24N6O3S/c1-3-4-11-29-22(26-27-28-29)14-34-24-25-19(12-17-7-10-20-21(13-17)33-15-32-20)23(31)30(24)18-8-5-16(2)6-9-18/h5-10,12-13H,3-4,11,14-15H2,1-2H3/b19-12-. The molecule has 0 fully saturated rings. The number of amidine groups is 1. The first-order valence-corrected chi connectivity index (χ1v) is 12.1. The minimum atomic E-state index is -0.186. The van der Waals surface area contributed by atoms with Gasteiger partial charge in [0.25, 0.3) is 5.91 Å². The fraction of sp³-hybridized carbons (Fsp3) is 0.292. The summed E-state index contributed by atoms with van der Waals surface area (Å²) in [6, 6.07) is 13.4. The zero-order valence-electron chi connectivity index (χ0n) is 19.0. The Bertz CT molecular complexity index is 1270. The van der Waals surface area contributed by atoms with Crippen molar-refractivity contribution in [1.29, 1.82) is 0 Å². The average molecular weight is 477 g/mol. The van der Waals surface area contributed by atoms with Gasteiger partial charge in [-0.25, -0.2) is 9.67 Å². The predicted molar refractivity (Wildman–Crippen MR) is 131 cm³/mol. The fourth-order valence-corrected chi connectivity index (χ4v) is 4.56. The van der Waals surface area contributed by atoms with Crippen molar-refractivity contribution in [2.24, 2.45) is 4.99 Å². The molecule has 0 aliphatic carbocycles. The summed E-state index contributed by atoms with van der Waals surface area (Å²) in [5.74, 6) is 2.43. The van der Waals surface area contributed by atoms with E-state index in [9.17, 15) is 4.79 Å². The minimum Gasteiger partial charge on any atom is -0.454 e. The van der Waals surface area contributed by atoms with Crippen molar-refractivity contribution in [3.05, 3.63) is 65.1 Å². The maximum Gasteiger partial charge on any atom is 0.283 e. The number of rotatable bonds is 7. The van der Waals surface area contributed by atoms with Crippen LogP contribution in [-0.4, -0.2) is 38.1 Å². The van der Waals surface area contributed by atoms with Crippen molar-refractivity contribution in [1.82, 2.24) is 20.2 Å². The Labute approximate surface area is 201 Å². The van der Waals surface area contributed by atoms with Crippen molar-refractivity contribution in [2.75, 3.05) is 11.7 Å². The van der Waals surface area contributed by atoms with Crippen LogP contribution >= 0.6 is 11.8 Å². The van der Waals surface area contributed by atoms with E-state index in [1.165, 1.54) is 11.8 Å². The Hall–Kier alpha value is -3.66. The van der Waals surface area contributed by atoms with Crippen LogP contribution in [-0.2, 0) is 17.1 Å². The van der Waals surface area contributed by atoms with Gasteiger partial charge < -0.3 is 9.47 Å². The number of nitrogens with zero attached hydrogens (tertiary/aromatic N) is 6. The second kappa shape index (κ2) is 9.68. The topological polar surface area (TPSA) is 94.7 Å². The number of fused-ring (bicyclic) bond motifs is 1. The van der Waals surface area contributed by atoms with Crippen LogP contribution in [0.1, 0.15) is 36.7 Å². The molecular weight excluding hydrogens is 452 g/mol. The number of tetrazole rings is 1. The third kappa shape index (κ3) is 4.54. The van der Waals surface area contributed by atoms with Crippen LogP contribution in [0.4, 0.5) is 5.69 Å². The quantitative estimate of drug-likeness (QED) is 0.472. The Balaban J connectivity index is 1.43. The lowest BCUT2D eigenvalue weighted by Crippen LogP contribution is -2.30. The van der Waals surface area contributed by atoms with Crippen LogP contribution in [0, 0.1) is 6.92 Å². The number of ether oxygens (including phenoxy) is 2. The Kier molecular flexibility index (Phi) is 6.31. The molecular formula is C24H24N6O3S. The van der Waals surface area contributed by atoms with E-state index in [0.717, 1.165) is 42.0 Å². The number of anilines is 1. The van der Waals surface area contributed by atoms with Crippen LogP contribution in [0.2, 0.25) is 0 Å². The fourth-order valence-electron chi connectivity index (χ4n) is 3.61. The van der Waals surface area contributed by atoms with Gasteiger partial charge >= 0.3 is 0 Å². The van der Waals surface area contributed by atoms with Crippen molar-refractivity contribution in [2.45, 2.75) is 39.0 Å². The van der Waals surface area contributed by atoms with Gasteiger partial charge in [-0.05, 0) is 59.7 Å². The number of hydrogen-bond donors (Lipinski definition) is 0. The van der Waals surface area contributed by atoms with Crippen LogP contribution in [0.5, 0.6) is 11.5 Å². The van der Waals surface area contributed by atoms with Gasteiger partial charge in [0, 0.05) is 6.54 Å². The number of carbonyl (C=O) groups excluding carboxylic acids is 1. The Morgan fingerprint density at radius 2 is 1.94 bits per heavy atom. The van der Waals surface area contributed by atoms with Gasteiger partial charge in [-0.1, -0.05) is 48.9 Å². The lowest BCUT2D eigenvalue weighted by atomic mass is 10.1. The minimum absolute atomic E-state index is 0.186. The molecule has 10 heteroatoms. The molecule has 0 saturated heterocycles. The molecule has 9 nitrogen and oxygen atoms in total. The third-order valence-electron chi connectivity index (χ3n) is 5.48. The number of hydrogen-bond acceptors (Lipinski definition) is 8. The van der Waals surface area contributed by atoms with Crippen molar-refractivity contribution < 1.29 is 14.3 Å². The predicted octanol–water partition coefficient (Wildman–Crippen LogP) is 4.19. The molecule has 5 rings (SSSR count). The monoisotopic (exact) mass is 476 g/mol. The summed E-state index contributed by atoms with van der Waals surface area (Å²) in [6.07, 6.45) is 3.83. The molecule has 0 bridgehead atoms. The highest BCUT2D eigenvalue weighted by Gasteiger charge is 2.32. The first-order valence-electron chi connectivity index (χ1n) is 11.1. The molecule has 2 aromatic carbocycles. The number of aliphatic imine (C=N–C) groups is 1. The molecule has 2 aliphatic heterocycles. The Morgan fingerprint density at radius 1 is 1.12 bits per heavy atom.